The van der Waals surface area contributed by atoms with Gasteiger partial charge in [0.25, 0.3) is 0 Å². The first-order valence-corrected chi connectivity index (χ1v) is 7.98. The van der Waals surface area contributed by atoms with Gasteiger partial charge in [0.2, 0.25) is 0 Å². The Bertz CT molecular complexity index is 414. The second-order valence-corrected chi connectivity index (χ2v) is 6.52. The van der Waals surface area contributed by atoms with Crippen LogP contribution in [0.2, 0.25) is 0 Å². The number of halogens is 2. The lowest BCUT2D eigenvalue weighted by Crippen LogP contribution is -2.28. The molecule has 1 saturated heterocycles. The summed E-state index contributed by atoms with van der Waals surface area (Å²) in [4.78, 5) is 0.208. The summed E-state index contributed by atoms with van der Waals surface area (Å²) in [5.74, 6) is 0.887. The molecular weight excluding hydrogens is 360 g/mol. The van der Waals surface area contributed by atoms with Gasteiger partial charge in [0.15, 0.2) is 0 Å². The number of hydrogen-bond donors (Lipinski definition) is 0. The average Bonchev–Trinajstić information content (AvgIpc) is 2.79. The number of hydrogen-bond acceptors (Lipinski definition) is 2. The van der Waals surface area contributed by atoms with Crippen LogP contribution in [-0.4, -0.2) is 18.8 Å². The molecule has 2 nitrogen and oxygen atoms in total. The molecule has 0 bridgehead atoms. The van der Waals surface area contributed by atoms with Gasteiger partial charge in [0.05, 0.1) is 21.5 Å². The molecule has 1 aliphatic rings. The van der Waals surface area contributed by atoms with Gasteiger partial charge in [0, 0.05) is 6.61 Å². The highest BCUT2D eigenvalue weighted by Crippen LogP contribution is 2.44. The van der Waals surface area contributed by atoms with Crippen molar-refractivity contribution in [2.75, 3.05) is 13.2 Å². The highest BCUT2D eigenvalue weighted by molar-refractivity contribution is 9.10. The van der Waals surface area contributed by atoms with Crippen molar-refractivity contribution in [3.05, 3.63) is 28.2 Å². The van der Waals surface area contributed by atoms with Crippen LogP contribution in [0.5, 0.6) is 5.75 Å². The fraction of sp³-hybridized carbons (Fsp3) is 0.571. The van der Waals surface area contributed by atoms with Gasteiger partial charge in [-0.15, -0.1) is 0 Å². The van der Waals surface area contributed by atoms with Crippen LogP contribution >= 0.6 is 31.9 Å². The SMILES string of the molecule is CCOc1ccc(C(Br)C2(C)CCCO2)cc1Br. The van der Waals surface area contributed by atoms with E-state index in [-0.39, 0.29) is 10.4 Å². The van der Waals surface area contributed by atoms with Crippen LogP contribution in [0.4, 0.5) is 0 Å². The maximum atomic E-state index is 5.88. The molecule has 0 aliphatic carbocycles. The predicted molar refractivity (Wildman–Crippen MR) is 80.6 cm³/mol. The van der Waals surface area contributed by atoms with Crippen molar-refractivity contribution in [1.82, 2.24) is 0 Å². The van der Waals surface area contributed by atoms with E-state index in [1.807, 2.05) is 13.0 Å². The molecule has 1 fully saturated rings. The molecule has 1 aromatic carbocycles. The van der Waals surface area contributed by atoms with Gasteiger partial charge in [-0.05, 0) is 60.3 Å². The van der Waals surface area contributed by atoms with Crippen LogP contribution in [0.15, 0.2) is 22.7 Å². The first-order valence-electron chi connectivity index (χ1n) is 6.27. The third kappa shape index (κ3) is 2.91. The van der Waals surface area contributed by atoms with Gasteiger partial charge >= 0.3 is 0 Å². The molecule has 1 heterocycles. The van der Waals surface area contributed by atoms with Crippen molar-refractivity contribution in [2.24, 2.45) is 0 Å². The van der Waals surface area contributed by atoms with Crippen molar-refractivity contribution < 1.29 is 9.47 Å². The van der Waals surface area contributed by atoms with Crippen LogP contribution in [0.25, 0.3) is 0 Å². The number of ether oxygens (including phenoxy) is 2. The summed E-state index contributed by atoms with van der Waals surface area (Å²) in [7, 11) is 0. The van der Waals surface area contributed by atoms with Crippen molar-refractivity contribution in [2.45, 2.75) is 37.1 Å². The summed E-state index contributed by atoms with van der Waals surface area (Å²) in [6.07, 6.45) is 2.23. The topological polar surface area (TPSA) is 18.5 Å². The van der Waals surface area contributed by atoms with Crippen LogP contribution < -0.4 is 4.74 Å². The van der Waals surface area contributed by atoms with Gasteiger partial charge in [0.1, 0.15) is 5.75 Å². The van der Waals surface area contributed by atoms with E-state index < -0.39 is 0 Å². The minimum atomic E-state index is -0.105. The zero-order valence-electron chi connectivity index (χ0n) is 10.7. The zero-order valence-corrected chi connectivity index (χ0v) is 13.9. The maximum absolute atomic E-state index is 5.88. The Morgan fingerprint density at radius 2 is 2.28 bits per heavy atom. The number of benzene rings is 1. The molecule has 0 spiro atoms. The minimum Gasteiger partial charge on any atom is -0.493 e. The van der Waals surface area contributed by atoms with Crippen molar-refractivity contribution in [3.8, 4) is 5.75 Å². The molecule has 0 amide bonds. The number of alkyl halides is 1. The first kappa shape index (κ1) is 14.4. The summed E-state index contributed by atoms with van der Waals surface area (Å²) < 4.78 is 12.4. The first-order chi connectivity index (χ1) is 8.57. The largest absolute Gasteiger partial charge is 0.493 e. The summed E-state index contributed by atoms with van der Waals surface area (Å²) in [6, 6.07) is 6.22. The molecule has 18 heavy (non-hydrogen) atoms. The molecule has 100 valence electrons. The summed E-state index contributed by atoms with van der Waals surface area (Å²) in [6.45, 7) is 5.69. The standard InChI is InChI=1S/C14H18Br2O2/c1-3-17-12-6-5-10(9-11(12)15)13(16)14(2)7-4-8-18-14/h5-6,9,13H,3-4,7-8H2,1-2H3. The fourth-order valence-corrected chi connectivity index (χ4v) is 3.46. The van der Waals surface area contributed by atoms with Crippen molar-refractivity contribution in [1.29, 1.82) is 0 Å². The lowest BCUT2D eigenvalue weighted by molar-refractivity contribution is 0.0197. The van der Waals surface area contributed by atoms with Crippen LogP contribution in [0.3, 0.4) is 0 Å². The molecule has 4 heteroatoms. The summed E-state index contributed by atoms with van der Waals surface area (Å²) >= 11 is 7.34. The summed E-state index contributed by atoms with van der Waals surface area (Å²) in [5.41, 5.74) is 1.11. The average molecular weight is 378 g/mol. The van der Waals surface area contributed by atoms with E-state index >= 15 is 0 Å². The quantitative estimate of drug-likeness (QED) is 0.698. The molecule has 0 N–H and O–H groups in total. The molecule has 0 saturated carbocycles. The van der Waals surface area contributed by atoms with Gasteiger partial charge in [-0.3, -0.25) is 0 Å². The molecule has 2 atom stereocenters. The van der Waals surface area contributed by atoms with Crippen LogP contribution in [0, 0.1) is 0 Å². The molecule has 0 aromatic heterocycles. The second-order valence-electron chi connectivity index (χ2n) is 4.75. The van der Waals surface area contributed by atoms with E-state index in [0.717, 1.165) is 29.7 Å². The van der Waals surface area contributed by atoms with E-state index in [1.165, 1.54) is 5.56 Å². The molecule has 2 unspecified atom stereocenters. The van der Waals surface area contributed by atoms with Crippen LogP contribution in [-0.2, 0) is 4.74 Å². The zero-order chi connectivity index (χ0) is 13.2. The molecule has 2 rings (SSSR count). The molecule has 1 aliphatic heterocycles. The fourth-order valence-electron chi connectivity index (χ4n) is 2.30. The van der Waals surface area contributed by atoms with E-state index in [2.05, 4.69) is 50.9 Å². The van der Waals surface area contributed by atoms with Gasteiger partial charge in [-0.2, -0.15) is 0 Å². The van der Waals surface area contributed by atoms with E-state index in [9.17, 15) is 0 Å². The van der Waals surface area contributed by atoms with E-state index in [0.29, 0.717) is 6.61 Å². The lowest BCUT2D eigenvalue weighted by atomic mass is 9.93. The second kappa shape index (κ2) is 5.93. The maximum Gasteiger partial charge on any atom is 0.133 e. The van der Waals surface area contributed by atoms with E-state index in [4.69, 9.17) is 9.47 Å². The minimum absolute atomic E-state index is 0.105. The van der Waals surface area contributed by atoms with Gasteiger partial charge in [-0.1, -0.05) is 22.0 Å². The number of rotatable bonds is 4. The highest BCUT2D eigenvalue weighted by atomic mass is 79.9. The Kier molecular flexibility index (Phi) is 4.73. The molecule has 0 radical (unpaired) electrons. The normalized spacial score (nSPS) is 25.1. The molecular formula is C14H18Br2O2. The van der Waals surface area contributed by atoms with Crippen LogP contribution in [0.1, 0.15) is 37.1 Å². The molecule has 1 aromatic rings. The van der Waals surface area contributed by atoms with Crippen molar-refractivity contribution in [3.63, 3.8) is 0 Å². The van der Waals surface area contributed by atoms with Gasteiger partial charge < -0.3 is 9.47 Å². The monoisotopic (exact) mass is 376 g/mol. The van der Waals surface area contributed by atoms with E-state index in [1.54, 1.807) is 0 Å². The Balaban J connectivity index is 2.20. The van der Waals surface area contributed by atoms with Gasteiger partial charge in [-0.25, -0.2) is 0 Å². The highest BCUT2D eigenvalue weighted by Gasteiger charge is 2.37. The van der Waals surface area contributed by atoms with Crippen molar-refractivity contribution >= 4 is 31.9 Å². The Hall–Kier alpha value is -0.0600. The Labute approximate surface area is 125 Å². The Morgan fingerprint density at radius 3 is 2.83 bits per heavy atom. The summed E-state index contributed by atoms with van der Waals surface area (Å²) in [5, 5.41) is 0. The Morgan fingerprint density at radius 1 is 1.50 bits per heavy atom. The lowest BCUT2D eigenvalue weighted by Gasteiger charge is -2.29. The third-order valence-electron chi connectivity index (χ3n) is 3.33. The third-order valence-corrected chi connectivity index (χ3v) is 5.45. The smallest absolute Gasteiger partial charge is 0.133 e. The predicted octanol–water partition coefficient (Wildman–Crippen LogP) is 4.85.